The van der Waals surface area contributed by atoms with E-state index in [0.717, 1.165) is 28.9 Å². The Balaban J connectivity index is 1.15. The Labute approximate surface area is 177 Å². The van der Waals surface area contributed by atoms with Crippen molar-refractivity contribution in [2.45, 2.75) is 56.5 Å². The number of hydrogen-bond donors (Lipinski definition) is 2. The minimum atomic E-state index is -0.470. The van der Waals surface area contributed by atoms with Crippen LogP contribution in [-0.2, 0) is 14.2 Å². The first-order chi connectivity index (χ1) is 14.8. The molecule has 3 fully saturated rings. The van der Waals surface area contributed by atoms with E-state index in [1.54, 1.807) is 0 Å². The van der Waals surface area contributed by atoms with Crippen molar-refractivity contribution >= 4 is 22.6 Å². The Morgan fingerprint density at radius 2 is 1.77 bits per heavy atom. The van der Waals surface area contributed by atoms with Gasteiger partial charge >= 0.3 is 6.09 Å². The lowest BCUT2D eigenvalue weighted by Crippen LogP contribution is -2.43. The van der Waals surface area contributed by atoms with Crippen molar-refractivity contribution < 1.29 is 19.0 Å². The summed E-state index contributed by atoms with van der Waals surface area (Å²) in [5, 5.41) is 8.60. The molecule has 2 heterocycles. The van der Waals surface area contributed by atoms with E-state index in [-0.39, 0.29) is 24.4 Å². The van der Waals surface area contributed by atoms with Crippen LogP contribution in [0.4, 0.5) is 10.5 Å². The van der Waals surface area contributed by atoms with Crippen LogP contribution in [0.25, 0.3) is 10.8 Å². The third kappa shape index (κ3) is 4.17. The molecule has 2 aliphatic heterocycles. The summed E-state index contributed by atoms with van der Waals surface area (Å²) in [4.78, 5) is 12.6. The Kier molecular flexibility index (Phi) is 5.88. The van der Waals surface area contributed by atoms with Crippen LogP contribution in [-0.4, -0.2) is 50.2 Å². The fraction of sp³-hybridized carbons (Fsp3) is 0.542. The Morgan fingerprint density at radius 1 is 0.967 bits per heavy atom. The molecular formula is C24H30N2O4. The predicted octanol–water partition coefficient (Wildman–Crippen LogP) is 4.09. The van der Waals surface area contributed by atoms with E-state index in [4.69, 9.17) is 14.2 Å². The summed E-state index contributed by atoms with van der Waals surface area (Å²) in [5.41, 5.74) is 0.743. The fourth-order valence-electron chi connectivity index (χ4n) is 5.06. The van der Waals surface area contributed by atoms with Gasteiger partial charge < -0.3 is 19.5 Å². The van der Waals surface area contributed by atoms with Crippen LogP contribution in [0, 0.1) is 5.92 Å². The van der Waals surface area contributed by atoms with Crippen molar-refractivity contribution in [3.05, 3.63) is 42.5 Å². The van der Waals surface area contributed by atoms with Gasteiger partial charge in [0, 0.05) is 5.39 Å². The van der Waals surface area contributed by atoms with E-state index in [1.807, 2.05) is 42.5 Å². The summed E-state index contributed by atoms with van der Waals surface area (Å²) in [6.45, 7) is 2.00. The van der Waals surface area contributed by atoms with Crippen molar-refractivity contribution in [2.24, 2.45) is 5.92 Å². The summed E-state index contributed by atoms with van der Waals surface area (Å²) >= 11 is 0. The van der Waals surface area contributed by atoms with E-state index in [1.165, 1.54) is 32.1 Å². The molecule has 3 aliphatic rings. The van der Waals surface area contributed by atoms with Gasteiger partial charge in [0.05, 0.1) is 24.9 Å². The van der Waals surface area contributed by atoms with Crippen LogP contribution in [0.15, 0.2) is 42.5 Å². The molecule has 160 valence electrons. The molecule has 5 rings (SSSR count). The van der Waals surface area contributed by atoms with Gasteiger partial charge in [0.2, 0.25) is 0 Å². The molecule has 2 aromatic rings. The topological polar surface area (TPSA) is 68.8 Å². The predicted molar refractivity (Wildman–Crippen MR) is 116 cm³/mol. The molecule has 0 spiro atoms. The quantitative estimate of drug-likeness (QED) is 0.777. The van der Waals surface area contributed by atoms with Gasteiger partial charge in [-0.25, -0.2) is 4.79 Å². The zero-order valence-electron chi connectivity index (χ0n) is 17.2. The lowest BCUT2D eigenvalue weighted by atomic mass is 9.89. The maximum atomic E-state index is 12.6. The normalized spacial score (nSPS) is 29.1. The molecule has 1 saturated carbocycles. The average Bonchev–Trinajstić information content (AvgIpc) is 3.36. The Hall–Kier alpha value is -2.15. The molecule has 6 nitrogen and oxygen atoms in total. The van der Waals surface area contributed by atoms with Gasteiger partial charge in [0.25, 0.3) is 0 Å². The smallest absolute Gasteiger partial charge is 0.412 e. The largest absolute Gasteiger partial charge is 0.441 e. The lowest BCUT2D eigenvalue weighted by molar-refractivity contribution is 0.00851. The first-order valence-electron chi connectivity index (χ1n) is 11.2. The highest BCUT2D eigenvalue weighted by Gasteiger charge is 2.49. The van der Waals surface area contributed by atoms with Gasteiger partial charge in [-0.2, -0.15) is 0 Å². The van der Waals surface area contributed by atoms with Crippen molar-refractivity contribution in [2.75, 3.05) is 25.1 Å². The number of carbonyl (C=O) groups is 1. The summed E-state index contributed by atoms with van der Waals surface area (Å²) in [5.74, 6) is 0.762. The fourth-order valence-corrected chi connectivity index (χ4v) is 5.06. The minimum absolute atomic E-state index is 0.0519. The number of anilines is 1. The van der Waals surface area contributed by atoms with E-state index in [9.17, 15) is 4.79 Å². The van der Waals surface area contributed by atoms with Gasteiger partial charge in [-0.05, 0) is 36.8 Å². The van der Waals surface area contributed by atoms with E-state index in [2.05, 4.69) is 10.6 Å². The Morgan fingerprint density at radius 3 is 2.67 bits per heavy atom. The highest BCUT2D eigenvalue weighted by atomic mass is 16.6. The number of carbonyl (C=O) groups excluding carboxylic acids is 1. The van der Waals surface area contributed by atoms with Crippen LogP contribution in [0.1, 0.15) is 32.1 Å². The number of hydrogen-bond acceptors (Lipinski definition) is 5. The third-order valence-corrected chi connectivity index (χ3v) is 6.69. The maximum absolute atomic E-state index is 12.6. The molecular weight excluding hydrogens is 380 g/mol. The highest BCUT2D eigenvalue weighted by Crippen LogP contribution is 2.30. The average molecular weight is 411 g/mol. The van der Waals surface area contributed by atoms with Gasteiger partial charge in [-0.3, -0.25) is 5.32 Å². The molecule has 0 radical (unpaired) electrons. The molecule has 1 aliphatic carbocycles. The summed E-state index contributed by atoms with van der Waals surface area (Å²) < 4.78 is 17.6. The van der Waals surface area contributed by atoms with Crippen molar-refractivity contribution in [1.82, 2.24) is 5.32 Å². The third-order valence-electron chi connectivity index (χ3n) is 6.69. The molecule has 2 N–H and O–H groups in total. The SMILES string of the molecule is O=C(Nc1cccc2ccccc12)O[C@H]1CO[C@@H]2[C@@H]1OC[C@@H]2NCC1CCCCC1. The second-order valence-corrected chi connectivity index (χ2v) is 8.71. The van der Waals surface area contributed by atoms with Crippen LogP contribution in [0.5, 0.6) is 0 Å². The van der Waals surface area contributed by atoms with Crippen molar-refractivity contribution in [1.29, 1.82) is 0 Å². The monoisotopic (exact) mass is 410 g/mol. The zero-order valence-corrected chi connectivity index (χ0v) is 17.2. The van der Waals surface area contributed by atoms with Gasteiger partial charge in [-0.1, -0.05) is 55.7 Å². The van der Waals surface area contributed by atoms with Crippen LogP contribution >= 0.6 is 0 Å². The molecule has 0 aromatic heterocycles. The number of amides is 1. The first-order valence-corrected chi connectivity index (χ1v) is 11.2. The molecule has 6 heteroatoms. The number of benzene rings is 2. The number of nitrogens with one attached hydrogen (secondary N) is 2. The molecule has 2 saturated heterocycles. The van der Waals surface area contributed by atoms with Gasteiger partial charge in [0.1, 0.15) is 12.2 Å². The highest BCUT2D eigenvalue weighted by molar-refractivity contribution is 6.00. The summed E-state index contributed by atoms with van der Waals surface area (Å²) in [6, 6.07) is 14.0. The molecule has 0 unspecified atom stereocenters. The van der Waals surface area contributed by atoms with Crippen molar-refractivity contribution in [3.8, 4) is 0 Å². The van der Waals surface area contributed by atoms with Gasteiger partial charge in [-0.15, -0.1) is 0 Å². The van der Waals surface area contributed by atoms with Gasteiger partial charge in [0.15, 0.2) is 6.10 Å². The van der Waals surface area contributed by atoms with Crippen molar-refractivity contribution in [3.63, 3.8) is 0 Å². The number of ether oxygens (including phenoxy) is 3. The van der Waals surface area contributed by atoms with E-state index in [0.29, 0.717) is 13.2 Å². The summed E-state index contributed by atoms with van der Waals surface area (Å²) in [6.07, 6.45) is 5.59. The molecule has 2 aromatic carbocycles. The molecule has 30 heavy (non-hydrogen) atoms. The number of fused-ring (bicyclic) bond motifs is 2. The van der Waals surface area contributed by atoms with E-state index < -0.39 is 6.09 Å². The molecule has 4 atom stereocenters. The first kappa shape index (κ1) is 19.8. The lowest BCUT2D eigenvalue weighted by Gasteiger charge is -2.25. The Bertz CT molecular complexity index is 877. The van der Waals surface area contributed by atoms with E-state index >= 15 is 0 Å². The molecule has 0 bridgehead atoms. The van der Waals surface area contributed by atoms with Crippen LogP contribution in [0.3, 0.4) is 0 Å². The second kappa shape index (κ2) is 8.92. The minimum Gasteiger partial charge on any atom is -0.441 e. The molecule has 1 amide bonds. The zero-order chi connectivity index (χ0) is 20.3. The van der Waals surface area contributed by atoms with Crippen LogP contribution in [0.2, 0.25) is 0 Å². The standard InChI is InChI=1S/C24H30N2O4/c27-24(26-19-12-6-10-17-9-4-5-11-18(17)19)30-21-15-29-22-20(14-28-23(21)22)25-13-16-7-2-1-3-8-16/h4-6,9-12,16,20-23,25H,1-3,7-8,13-15H2,(H,26,27)/t20-,21-,22-,23+/m0/s1. The van der Waals surface area contributed by atoms with Crippen LogP contribution < -0.4 is 10.6 Å². The number of rotatable bonds is 5. The summed E-state index contributed by atoms with van der Waals surface area (Å²) in [7, 11) is 0. The second-order valence-electron chi connectivity index (χ2n) is 8.71. The maximum Gasteiger partial charge on any atom is 0.412 e.